The summed E-state index contributed by atoms with van der Waals surface area (Å²) in [5.74, 6) is 0.533. The zero-order valence-corrected chi connectivity index (χ0v) is 21.3. The van der Waals surface area contributed by atoms with E-state index < -0.39 is 5.97 Å². The van der Waals surface area contributed by atoms with Crippen LogP contribution in [0.2, 0.25) is 0 Å². The van der Waals surface area contributed by atoms with Gasteiger partial charge < -0.3 is 19.7 Å². The number of carboxylic acid groups (broad SMARTS) is 1. The molecule has 2 unspecified atom stereocenters. The summed E-state index contributed by atoms with van der Waals surface area (Å²) >= 11 is 0. The molecule has 0 bridgehead atoms. The lowest BCUT2D eigenvalue weighted by atomic mass is 9.80. The van der Waals surface area contributed by atoms with Gasteiger partial charge in [-0.25, -0.2) is 15.0 Å². The van der Waals surface area contributed by atoms with Crippen LogP contribution in [0.5, 0.6) is 5.75 Å². The molecule has 2 atom stereocenters. The maximum Gasteiger partial charge on any atom is 0.306 e. The number of carbonyl (C=O) groups is 1. The first-order valence-corrected chi connectivity index (χ1v) is 12.6. The number of aromatic nitrogens is 6. The minimum absolute atomic E-state index is 0.00424. The van der Waals surface area contributed by atoms with E-state index in [1.165, 1.54) is 0 Å². The summed E-state index contributed by atoms with van der Waals surface area (Å²) in [5, 5.41) is 16.9. The van der Waals surface area contributed by atoms with Gasteiger partial charge in [-0.15, -0.1) is 0 Å². The van der Waals surface area contributed by atoms with Crippen molar-refractivity contribution in [3.8, 4) is 28.6 Å². The first-order chi connectivity index (χ1) is 18.5. The van der Waals surface area contributed by atoms with Crippen molar-refractivity contribution < 1.29 is 19.2 Å². The van der Waals surface area contributed by atoms with Gasteiger partial charge in [0.15, 0.2) is 5.76 Å². The molecule has 0 saturated heterocycles. The van der Waals surface area contributed by atoms with E-state index in [4.69, 9.17) is 14.2 Å². The molecule has 0 aliphatic heterocycles. The van der Waals surface area contributed by atoms with E-state index >= 15 is 0 Å². The zero-order chi connectivity index (χ0) is 26.5. The van der Waals surface area contributed by atoms with E-state index in [1.54, 1.807) is 30.9 Å². The van der Waals surface area contributed by atoms with Crippen molar-refractivity contribution in [2.45, 2.75) is 46.1 Å². The Morgan fingerprint density at radius 3 is 2.68 bits per heavy atom. The first kappa shape index (κ1) is 25.2. The van der Waals surface area contributed by atoms with E-state index in [0.29, 0.717) is 59.8 Å². The highest BCUT2D eigenvalue weighted by Crippen LogP contribution is 2.32. The molecule has 4 heterocycles. The van der Waals surface area contributed by atoms with Crippen molar-refractivity contribution in [3.63, 3.8) is 0 Å². The summed E-state index contributed by atoms with van der Waals surface area (Å²) in [6, 6.07) is 5.45. The summed E-state index contributed by atoms with van der Waals surface area (Å²) in [6.07, 6.45) is 10.1. The molecule has 1 aliphatic carbocycles. The van der Waals surface area contributed by atoms with E-state index in [2.05, 4.69) is 30.4 Å². The van der Waals surface area contributed by atoms with Gasteiger partial charge in [0.2, 0.25) is 5.95 Å². The molecule has 2 N–H and O–H groups in total. The summed E-state index contributed by atoms with van der Waals surface area (Å²) in [4.78, 5) is 33.5. The number of ether oxygens (including phenoxy) is 1. The zero-order valence-electron chi connectivity index (χ0n) is 21.3. The Morgan fingerprint density at radius 1 is 1.03 bits per heavy atom. The highest BCUT2D eigenvalue weighted by atomic mass is 16.5. The molecule has 1 aliphatic rings. The molecule has 0 spiro atoms. The number of pyridine rings is 1. The van der Waals surface area contributed by atoms with Crippen molar-refractivity contribution in [2.75, 3.05) is 11.9 Å². The second kappa shape index (κ2) is 11.3. The molecule has 1 fully saturated rings. The van der Waals surface area contributed by atoms with Gasteiger partial charge in [-0.1, -0.05) is 18.0 Å². The molecular formula is C27H29N7O4. The van der Waals surface area contributed by atoms with Crippen molar-refractivity contribution in [2.24, 2.45) is 11.8 Å². The third-order valence-corrected chi connectivity index (χ3v) is 6.84. The second-order valence-electron chi connectivity index (χ2n) is 9.37. The molecule has 38 heavy (non-hydrogen) atoms. The topological polar surface area (TPSA) is 149 Å². The van der Waals surface area contributed by atoms with Gasteiger partial charge in [0.25, 0.3) is 0 Å². The largest absolute Gasteiger partial charge is 0.491 e. The monoisotopic (exact) mass is 515 g/mol. The Morgan fingerprint density at radius 2 is 1.89 bits per heavy atom. The van der Waals surface area contributed by atoms with Gasteiger partial charge in [0.05, 0.1) is 35.8 Å². The molecule has 11 heteroatoms. The normalized spacial score (nSPS) is 17.2. The number of rotatable bonds is 9. The predicted molar refractivity (Wildman–Crippen MR) is 138 cm³/mol. The van der Waals surface area contributed by atoms with Crippen LogP contribution in [-0.2, 0) is 11.3 Å². The van der Waals surface area contributed by atoms with Gasteiger partial charge in [0.1, 0.15) is 17.1 Å². The molecule has 4 aromatic heterocycles. The molecule has 0 aromatic carbocycles. The summed E-state index contributed by atoms with van der Waals surface area (Å²) in [7, 11) is 0. The highest BCUT2D eigenvalue weighted by molar-refractivity contribution is 5.70. The van der Waals surface area contributed by atoms with Crippen LogP contribution in [0.4, 0.5) is 5.95 Å². The fourth-order valence-corrected chi connectivity index (χ4v) is 4.74. The van der Waals surface area contributed by atoms with Crippen molar-refractivity contribution in [1.29, 1.82) is 0 Å². The molecule has 5 rings (SSSR count). The molecule has 4 aromatic rings. The van der Waals surface area contributed by atoms with E-state index in [9.17, 15) is 9.90 Å². The van der Waals surface area contributed by atoms with Gasteiger partial charge in [-0.05, 0) is 44.9 Å². The van der Waals surface area contributed by atoms with Crippen LogP contribution in [0.15, 0.2) is 47.5 Å². The average Bonchev–Trinajstić information content (AvgIpc) is 3.32. The Hall–Kier alpha value is -4.41. The number of anilines is 1. The maximum absolute atomic E-state index is 11.6. The summed E-state index contributed by atoms with van der Waals surface area (Å²) < 4.78 is 11.7. The minimum Gasteiger partial charge on any atom is -0.491 e. The number of nitrogens with zero attached hydrogens (tertiary/aromatic N) is 6. The van der Waals surface area contributed by atoms with Crippen LogP contribution < -0.4 is 10.1 Å². The molecule has 196 valence electrons. The van der Waals surface area contributed by atoms with Crippen molar-refractivity contribution in [1.82, 2.24) is 30.1 Å². The Kier molecular flexibility index (Phi) is 7.52. The molecule has 0 amide bonds. The smallest absolute Gasteiger partial charge is 0.306 e. The number of aryl methyl sites for hydroxylation is 2. The average molecular weight is 516 g/mol. The van der Waals surface area contributed by atoms with Gasteiger partial charge >= 0.3 is 5.97 Å². The highest BCUT2D eigenvalue weighted by Gasteiger charge is 2.31. The predicted octanol–water partition coefficient (Wildman–Crippen LogP) is 4.48. The van der Waals surface area contributed by atoms with Crippen molar-refractivity contribution >= 4 is 11.9 Å². The maximum atomic E-state index is 11.6. The fourth-order valence-electron chi connectivity index (χ4n) is 4.74. The van der Waals surface area contributed by atoms with Crippen molar-refractivity contribution in [3.05, 3.63) is 59.9 Å². The lowest BCUT2D eigenvalue weighted by Crippen LogP contribution is -2.31. The SMILES string of the molecule is Cc1nc(-c2onc(C)c2CNc2nccc(-c3cnccn3)n2)ccc1OCC1CCCCC1C(=O)O. The number of carboxylic acids is 1. The fraction of sp³-hybridized carbons (Fsp3) is 0.370. The Balaban J connectivity index is 1.28. The number of hydrogen-bond donors (Lipinski definition) is 2. The van der Waals surface area contributed by atoms with Crippen LogP contribution in [0.3, 0.4) is 0 Å². The van der Waals surface area contributed by atoms with Crippen LogP contribution in [-0.4, -0.2) is 47.8 Å². The van der Waals surface area contributed by atoms with Gasteiger partial charge in [0, 0.05) is 36.6 Å². The van der Waals surface area contributed by atoms with Gasteiger partial charge in [-0.3, -0.25) is 14.8 Å². The Bertz CT molecular complexity index is 1410. The standard InChI is InChI=1S/C27H29N7O4/c1-16-20(13-31-27-30-10-9-21(33-27)23-14-28-11-12-29-23)25(38-34-16)22-7-8-24(17(2)32-22)37-15-18-5-3-4-6-19(18)26(35)36/h7-12,14,18-19H,3-6,13,15H2,1-2H3,(H,35,36)(H,30,31,33). The summed E-state index contributed by atoms with van der Waals surface area (Å²) in [6.45, 7) is 4.48. The molecule has 0 radical (unpaired) electrons. The third kappa shape index (κ3) is 5.61. The first-order valence-electron chi connectivity index (χ1n) is 12.6. The quantitative estimate of drug-likeness (QED) is 0.325. The number of aliphatic carboxylic acids is 1. The van der Waals surface area contributed by atoms with Crippen LogP contribution in [0.25, 0.3) is 22.8 Å². The summed E-state index contributed by atoms with van der Waals surface area (Å²) in [5.41, 5.74) is 4.21. The minimum atomic E-state index is -0.740. The lowest BCUT2D eigenvalue weighted by Gasteiger charge is -2.28. The van der Waals surface area contributed by atoms with E-state index in [-0.39, 0.29) is 11.8 Å². The van der Waals surface area contributed by atoms with E-state index in [1.807, 2.05) is 26.0 Å². The lowest BCUT2D eigenvalue weighted by molar-refractivity contribution is -0.145. The van der Waals surface area contributed by atoms with Gasteiger partial charge in [-0.2, -0.15) is 0 Å². The molecule has 11 nitrogen and oxygen atoms in total. The third-order valence-electron chi connectivity index (χ3n) is 6.84. The number of nitrogens with one attached hydrogen (secondary N) is 1. The van der Waals surface area contributed by atoms with Crippen LogP contribution >= 0.6 is 0 Å². The van der Waals surface area contributed by atoms with E-state index in [0.717, 1.165) is 30.5 Å². The molecule has 1 saturated carbocycles. The molecular weight excluding hydrogens is 486 g/mol. The van der Waals surface area contributed by atoms with Crippen LogP contribution in [0, 0.1) is 25.7 Å². The second-order valence-corrected chi connectivity index (χ2v) is 9.37. The van der Waals surface area contributed by atoms with Crippen LogP contribution in [0.1, 0.15) is 42.6 Å². The Labute approximate surface area is 219 Å². The number of hydrogen-bond acceptors (Lipinski definition) is 10.